The number of carbonyl (C=O) groups is 7. The molecule has 11 N–H and O–H groups in total. The fraction of sp³-hybridized carbons (Fsp3) is 0.500. The fourth-order valence-electron chi connectivity index (χ4n) is 5.79. The van der Waals surface area contributed by atoms with Gasteiger partial charge in [0.05, 0.1) is 18.6 Å². The second-order valence-electron chi connectivity index (χ2n) is 13.6. The molecule has 0 aromatic heterocycles. The Balaban J connectivity index is 2.34. The first-order chi connectivity index (χ1) is 26.0. The molecule has 0 heterocycles. The molecule has 0 radical (unpaired) electrons. The van der Waals surface area contributed by atoms with Crippen LogP contribution in [0.2, 0.25) is 0 Å². The lowest BCUT2D eigenvalue weighted by atomic mass is 10.0. The maximum Gasteiger partial charge on any atom is 0.326 e. The van der Waals surface area contributed by atoms with E-state index in [-0.39, 0.29) is 25.8 Å². The summed E-state index contributed by atoms with van der Waals surface area (Å²) in [6.45, 7) is 6.13. The summed E-state index contributed by atoms with van der Waals surface area (Å²) in [5, 5.41) is 39.5. The van der Waals surface area contributed by atoms with Crippen LogP contribution in [0.3, 0.4) is 0 Å². The van der Waals surface area contributed by atoms with E-state index in [0.717, 1.165) is 0 Å². The Morgan fingerprint density at radius 3 is 1.69 bits per heavy atom. The molecule has 0 saturated carbocycles. The van der Waals surface area contributed by atoms with Gasteiger partial charge in [-0.15, -0.1) is 0 Å². The normalized spacial score (nSPS) is 14.9. The highest BCUT2D eigenvalue weighted by molar-refractivity contribution is 5.97. The SMILES string of the molecule is CC(C)N(C(=O)[C@@H](NC(=O)[C@@H](N)CC(=O)O)[C@@H](C)O)[C@@H](CCCCN)C(=O)N[C@@H](C)C(=O)N[C@@H](Cc1ccccc1)C(=O)N[C@@H](Cc1ccccc1)C(=O)O. The van der Waals surface area contributed by atoms with Crippen molar-refractivity contribution in [3.05, 3.63) is 71.8 Å². The van der Waals surface area contributed by atoms with Crippen LogP contribution in [0.4, 0.5) is 0 Å². The predicted molar refractivity (Wildman–Crippen MR) is 202 cm³/mol. The number of nitrogens with one attached hydrogen (secondary N) is 4. The molecule has 5 amide bonds. The van der Waals surface area contributed by atoms with E-state index in [1.54, 1.807) is 74.5 Å². The van der Waals surface area contributed by atoms with Crippen molar-refractivity contribution in [2.45, 2.75) is 115 Å². The van der Waals surface area contributed by atoms with Gasteiger partial charge < -0.3 is 53.0 Å². The van der Waals surface area contributed by atoms with Crippen molar-refractivity contribution < 1.29 is 48.9 Å². The number of unbranched alkanes of at least 4 members (excludes halogenated alkanes) is 1. The number of carboxylic acid groups (broad SMARTS) is 2. The van der Waals surface area contributed by atoms with Crippen molar-refractivity contribution in [1.29, 1.82) is 0 Å². The highest BCUT2D eigenvalue weighted by Gasteiger charge is 2.39. The molecule has 17 nitrogen and oxygen atoms in total. The molecule has 0 aliphatic heterocycles. The molecule has 0 aliphatic carbocycles. The van der Waals surface area contributed by atoms with Gasteiger partial charge in [0.1, 0.15) is 30.2 Å². The van der Waals surface area contributed by atoms with Crippen LogP contribution in [0.5, 0.6) is 0 Å². The molecule has 0 aliphatic rings. The molecular weight excluding hydrogens is 714 g/mol. The van der Waals surface area contributed by atoms with Crippen molar-refractivity contribution in [3.8, 4) is 0 Å². The van der Waals surface area contributed by atoms with Crippen LogP contribution in [-0.2, 0) is 46.4 Å². The predicted octanol–water partition coefficient (Wildman–Crippen LogP) is -0.567. The lowest BCUT2D eigenvalue weighted by Gasteiger charge is -2.38. The van der Waals surface area contributed by atoms with E-state index in [2.05, 4.69) is 21.3 Å². The third-order valence-electron chi connectivity index (χ3n) is 8.72. The number of aliphatic hydroxyl groups is 1. The third-order valence-corrected chi connectivity index (χ3v) is 8.72. The molecule has 2 aromatic carbocycles. The van der Waals surface area contributed by atoms with E-state index in [4.69, 9.17) is 16.6 Å². The number of carbonyl (C=O) groups excluding carboxylic acids is 5. The minimum absolute atomic E-state index is 0.00330. The number of benzene rings is 2. The van der Waals surface area contributed by atoms with Crippen LogP contribution in [0, 0.1) is 0 Å². The van der Waals surface area contributed by atoms with Gasteiger partial charge in [-0.3, -0.25) is 28.8 Å². The van der Waals surface area contributed by atoms with Crippen LogP contribution in [0.15, 0.2) is 60.7 Å². The van der Waals surface area contributed by atoms with Crippen LogP contribution in [0.1, 0.15) is 64.5 Å². The van der Waals surface area contributed by atoms with E-state index in [1.807, 2.05) is 0 Å². The molecule has 0 spiro atoms. The van der Waals surface area contributed by atoms with Crippen LogP contribution < -0.4 is 32.7 Å². The summed E-state index contributed by atoms with van der Waals surface area (Å²) in [5.41, 5.74) is 12.7. The van der Waals surface area contributed by atoms with Gasteiger partial charge in [-0.05, 0) is 64.6 Å². The number of nitrogens with two attached hydrogens (primary N) is 2. The summed E-state index contributed by atoms with van der Waals surface area (Å²) >= 11 is 0. The lowest BCUT2D eigenvalue weighted by Crippen LogP contribution is -2.63. The van der Waals surface area contributed by atoms with Crippen molar-refractivity contribution in [2.75, 3.05) is 6.54 Å². The zero-order valence-corrected chi connectivity index (χ0v) is 31.6. The average Bonchev–Trinajstić information content (AvgIpc) is 3.12. The largest absolute Gasteiger partial charge is 0.481 e. The Morgan fingerprint density at radius 1 is 0.691 bits per heavy atom. The summed E-state index contributed by atoms with van der Waals surface area (Å²) in [6, 6.07) is 8.62. The highest BCUT2D eigenvalue weighted by Crippen LogP contribution is 2.17. The number of hydrogen-bond donors (Lipinski definition) is 9. The number of carboxylic acids is 2. The topological polar surface area (TPSA) is 284 Å². The van der Waals surface area contributed by atoms with Gasteiger partial charge in [-0.25, -0.2) is 4.79 Å². The minimum atomic E-state index is -1.60. The number of amides is 5. The van der Waals surface area contributed by atoms with Crippen LogP contribution >= 0.6 is 0 Å². The van der Waals surface area contributed by atoms with Gasteiger partial charge >= 0.3 is 11.9 Å². The molecule has 7 atom stereocenters. The molecule has 2 rings (SSSR count). The van der Waals surface area contributed by atoms with E-state index < -0.39 is 96.3 Å². The number of aliphatic hydroxyl groups excluding tert-OH is 1. The number of nitrogens with zero attached hydrogens (tertiary/aromatic N) is 1. The maximum absolute atomic E-state index is 14.0. The first-order valence-electron chi connectivity index (χ1n) is 18.2. The third kappa shape index (κ3) is 15.1. The van der Waals surface area contributed by atoms with Crippen molar-refractivity contribution >= 4 is 41.5 Å². The van der Waals surface area contributed by atoms with E-state index in [9.17, 15) is 43.8 Å². The summed E-state index contributed by atoms with van der Waals surface area (Å²) in [5.74, 6) is -6.75. The fourth-order valence-corrected chi connectivity index (χ4v) is 5.79. The number of rotatable bonds is 23. The zero-order valence-electron chi connectivity index (χ0n) is 31.6. The summed E-state index contributed by atoms with van der Waals surface area (Å²) in [6.07, 6.45) is -1.27. The Labute approximate surface area is 320 Å². The Hall–Kier alpha value is -5.39. The van der Waals surface area contributed by atoms with Crippen molar-refractivity contribution in [1.82, 2.24) is 26.2 Å². The monoisotopic (exact) mass is 769 g/mol. The smallest absolute Gasteiger partial charge is 0.326 e. The van der Waals surface area contributed by atoms with Gasteiger partial charge in [0, 0.05) is 18.9 Å². The molecule has 17 heteroatoms. The van der Waals surface area contributed by atoms with Gasteiger partial charge in [-0.1, -0.05) is 60.7 Å². The van der Waals surface area contributed by atoms with E-state index in [1.165, 1.54) is 18.7 Å². The summed E-state index contributed by atoms with van der Waals surface area (Å²) in [4.78, 5) is 92.2. The molecule has 0 unspecified atom stereocenters. The lowest BCUT2D eigenvalue weighted by molar-refractivity contribution is -0.148. The average molecular weight is 770 g/mol. The second-order valence-corrected chi connectivity index (χ2v) is 13.6. The highest BCUT2D eigenvalue weighted by atomic mass is 16.4. The van der Waals surface area contributed by atoms with Gasteiger partial charge in [0.2, 0.25) is 29.5 Å². The van der Waals surface area contributed by atoms with Gasteiger partial charge in [-0.2, -0.15) is 0 Å². The molecular formula is C38H55N7O10. The molecule has 0 saturated heterocycles. The van der Waals surface area contributed by atoms with Crippen molar-refractivity contribution in [2.24, 2.45) is 11.5 Å². The molecule has 0 bridgehead atoms. The molecule has 0 fully saturated rings. The van der Waals surface area contributed by atoms with Crippen LogP contribution in [0.25, 0.3) is 0 Å². The summed E-state index contributed by atoms with van der Waals surface area (Å²) in [7, 11) is 0. The second kappa shape index (κ2) is 22.7. The molecule has 2 aromatic rings. The van der Waals surface area contributed by atoms with Crippen LogP contribution in [-0.4, -0.2) is 117 Å². The summed E-state index contributed by atoms with van der Waals surface area (Å²) < 4.78 is 0. The standard InChI is InChI=1S/C38H55N7O10/c1-22(2)45(37(53)32(24(4)46)44-34(50)27(40)21-31(47)48)30(17-11-12-18-39)36(52)41-23(3)33(49)42-28(19-25-13-7-5-8-14-25)35(51)43-29(38(54)55)20-26-15-9-6-10-16-26/h5-10,13-16,22-24,27-30,32,46H,11-12,17-21,39-40H2,1-4H3,(H,41,52)(H,42,49)(H,43,51)(H,44,50)(H,47,48)(H,54,55)/t23-,24+,27-,28-,29-,30-,32-/m0/s1. The van der Waals surface area contributed by atoms with Gasteiger partial charge in [0.25, 0.3) is 0 Å². The van der Waals surface area contributed by atoms with Crippen molar-refractivity contribution in [3.63, 3.8) is 0 Å². The Bertz CT molecular complexity index is 1590. The quantitative estimate of drug-likeness (QED) is 0.0643. The minimum Gasteiger partial charge on any atom is -0.481 e. The number of aliphatic carboxylic acids is 2. The van der Waals surface area contributed by atoms with E-state index in [0.29, 0.717) is 24.0 Å². The van der Waals surface area contributed by atoms with Gasteiger partial charge in [0.15, 0.2) is 0 Å². The number of hydrogen-bond acceptors (Lipinski definition) is 10. The first-order valence-corrected chi connectivity index (χ1v) is 18.2. The Kier molecular flexibility index (Phi) is 18.9. The molecule has 55 heavy (non-hydrogen) atoms. The maximum atomic E-state index is 14.0. The molecule has 302 valence electrons. The zero-order chi connectivity index (χ0) is 41.2. The van der Waals surface area contributed by atoms with E-state index >= 15 is 0 Å². The Morgan fingerprint density at radius 2 is 1.22 bits per heavy atom. The first kappa shape index (κ1) is 45.8.